The summed E-state index contributed by atoms with van der Waals surface area (Å²) >= 11 is 7.61. The van der Waals surface area contributed by atoms with E-state index in [-0.39, 0.29) is 0 Å². The van der Waals surface area contributed by atoms with Crippen molar-refractivity contribution in [3.05, 3.63) is 82.8 Å². The van der Waals surface area contributed by atoms with E-state index in [1.807, 2.05) is 70.4 Å². The van der Waals surface area contributed by atoms with E-state index in [1.165, 1.54) is 11.8 Å². The van der Waals surface area contributed by atoms with Crippen molar-refractivity contribution in [1.82, 2.24) is 9.99 Å². The van der Waals surface area contributed by atoms with Gasteiger partial charge in [-0.2, -0.15) is 10.3 Å². The lowest BCUT2D eigenvalue weighted by molar-refractivity contribution is 0.416. The molecule has 2 bridgehead atoms. The summed E-state index contributed by atoms with van der Waals surface area (Å²) in [6, 6.07) is 13.4. The minimum Gasteiger partial charge on any atom is -0.457 e. The Morgan fingerprint density at radius 2 is 1.82 bits per heavy atom. The van der Waals surface area contributed by atoms with Gasteiger partial charge in [0, 0.05) is 23.1 Å². The van der Waals surface area contributed by atoms with Crippen LogP contribution in [0.5, 0.6) is 11.5 Å². The average molecular weight is 548 g/mol. The van der Waals surface area contributed by atoms with Crippen LogP contribution in [0.4, 0.5) is 5.69 Å². The van der Waals surface area contributed by atoms with Crippen LogP contribution in [-0.2, 0) is 0 Å². The number of fused-ring (bicyclic) bond motifs is 2. The largest absolute Gasteiger partial charge is 0.457 e. The predicted molar refractivity (Wildman–Crippen MR) is 159 cm³/mol. The van der Waals surface area contributed by atoms with Gasteiger partial charge in [0.25, 0.3) is 0 Å². The summed E-state index contributed by atoms with van der Waals surface area (Å²) in [5, 5.41) is 21.0. The van der Waals surface area contributed by atoms with Crippen molar-refractivity contribution >= 4 is 45.9 Å². The summed E-state index contributed by atoms with van der Waals surface area (Å²) in [6.45, 7) is 8.27. The number of nitrogens with zero attached hydrogens (tertiary/aromatic N) is 6. The van der Waals surface area contributed by atoms with Gasteiger partial charge >= 0.3 is 0 Å². The van der Waals surface area contributed by atoms with E-state index >= 15 is 0 Å². The second kappa shape index (κ2) is 14.2. The van der Waals surface area contributed by atoms with Crippen LogP contribution in [0.25, 0.3) is 0 Å². The molecule has 8 nitrogen and oxygen atoms in total. The standard InChI is InChI=1S/C26H24ClN7OS.C2H6/c1-4-18(27)6-5-17(2)24-22(15-28)25(36-3)31-23-16-34(24)33-26(32-23)30-19-7-9-20(10-8-19)35-21-11-13-29-14-12-21;1-2/h5-14H,4,16H2,1-3H3,(H,30,33);1-2H3/b17-5+,18-6+;. The van der Waals surface area contributed by atoms with Gasteiger partial charge in [-0.25, -0.2) is 4.99 Å². The molecule has 0 spiro atoms. The first-order valence-electron chi connectivity index (χ1n) is 12.2. The number of allylic oxidation sites excluding steroid dienone is 4. The van der Waals surface area contributed by atoms with Crippen LogP contribution in [0.3, 0.4) is 0 Å². The zero-order chi connectivity index (χ0) is 27.5. The SMILES string of the molecule is CC.CC/C(Cl)=C\C=C(/C)C1=C(C#N)C(SC)=NC2=NC(Nc3ccc(Oc4ccncc4)cc3)=NN1C2. The van der Waals surface area contributed by atoms with Gasteiger partial charge in [-0.05, 0) is 67.6 Å². The number of anilines is 1. The molecule has 0 saturated heterocycles. The van der Waals surface area contributed by atoms with E-state index in [4.69, 9.17) is 21.4 Å². The molecule has 0 aliphatic carbocycles. The number of ether oxygens (including phenoxy) is 1. The van der Waals surface area contributed by atoms with Crippen LogP contribution in [0.15, 0.2) is 97.9 Å². The van der Waals surface area contributed by atoms with Gasteiger partial charge in [-0.15, -0.1) is 16.9 Å². The number of hydrazone groups is 1. The summed E-state index contributed by atoms with van der Waals surface area (Å²) in [7, 11) is 0. The molecule has 0 fully saturated rings. The fourth-order valence-electron chi connectivity index (χ4n) is 3.45. The lowest BCUT2D eigenvalue weighted by Gasteiger charge is -2.25. The molecule has 10 heteroatoms. The quantitative estimate of drug-likeness (QED) is 0.380. The van der Waals surface area contributed by atoms with Gasteiger partial charge in [0.05, 0.1) is 5.70 Å². The highest BCUT2D eigenvalue weighted by Gasteiger charge is 2.28. The topological polar surface area (TPSA) is 98.3 Å². The molecule has 0 saturated carbocycles. The molecule has 1 N–H and O–H groups in total. The van der Waals surface area contributed by atoms with E-state index in [9.17, 15) is 5.26 Å². The highest BCUT2D eigenvalue weighted by molar-refractivity contribution is 8.13. The normalized spacial score (nSPS) is 15.3. The van der Waals surface area contributed by atoms with Gasteiger partial charge in [0.2, 0.25) is 5.96 Å². The molecular weight excluding hydrogens is 518 g/mol. The minimum atomic E-state index is 0.352. The Hall–Kier alpha value is -3.87. The molecule has 0 atom stereocenters. The zero-order valence-electron chi connectivity index (χ0n) is 22.1. The maximum absolute atomic E-state index is 10.00. The van der Waals surface area contributed by atoms with Gasteiger partial charge < -0.3 is 10.1 Å². The van der Waals surface area contributed by atoms with Crippen LogP contribution < -0.4 is 10.1 Å². The summed E-state index contributed by atoms with van der Waals surface area (Å²) in [5.41, 5.74) is 2.76. The molecule has 2 aliphatic heterocycles. The average Bonchev–Trinajstić information content (AvgIpc) is 3.06. The van der Waals surface area contributed by atoms with E-state index in [1.54, 1.807) is 29.5 Å². The third-order valence-electron chi connectivity index (χ3n) is 5.21. The van der Waals surface area contributed by atoms with E-state index < -0.39 is 0 Å². The fraction of sp³-hybridized carbons (Fsp3) is 0.250. The van der Waals surface area contributed by atoms with Crippen molar-refractivity contribution in [1.29, 1.82) is 5.26 Å². The van der Waals surface area contributed by atoms with Crippen LogP contribution in [0.2, 0.25) is 0 Å². The number of aromatic nitrogens is 1. The number of pyridine rings is 1. The number of nitriles is 1. The number of amidine groups is 1. The summed E-state index contributed by atoms with van der Waals surface area (Å²) in [4.78, 5) is 13.2. The lowest BCUT2D eigenvalue weighted by atomic mass is 10.1. The first kappa shape index (κ1) is 28.7. The Bertz CT molecular complexity index is 1350. The second-order valence-electron chi connectivity index (χ2n) is 7.72. The van der Waals surface area contributed by atoms with Crippen molar-refractivity contribution in [2.45, 2.75) is 34.1 Å². The summed E-state index contributed by atoms with van der Waals surface area (Å²) in [5.74, 6) is 2.33. The first-order chi connectivity index (χ1) is 18.5. The van der Waals surface area contributed by atoms with Gasteiger partial charge in [0.1, 0.15) is 34.7 Å². The van der Waals surface area contributed by atoms with Crippen molar-refractivity contribution in [3.8, 4) is 17.6 Å². The maximum atomic E-state index is 10.00. The first-order valence-corrected chi connectivity index (χ1v) is 13.8. The summed E-state index contributed by atoms with van der Waals surface area (Å²) < 4.78 is 5.83. The Morgan fingerprint density at radius 1 is 1.13 bits per heavy atom. The van der Waals surface area contributed by atoms with Crippen molar-refractivity contribution in [2.24, 2.45) is 15.1 Å². The second-order valence-corrected chi connectivity index (χ2v) is 9.00. The van der Waals surface area contributed by atoms with Crippen LogP contribution in [-0.4, -0.2) is 39.6 Å². The molecule has 0 radical (unpaired) electrons. The van der Waals surface area contributed by atoms with Gasteiger partial charge in [-0.3, -0.25) is 9.99 Å². The molecule has 3 heterocycles. The van der Waals surface area contributed by atoms with Crippen LogP contribution in [0, 0.1) is 11.3 Å². The molecule has 1 aromatic heterocycles. The third kappa shape index (κ3) is 7.34. The van der Waals surface area contributed by atoms with E-state index in [0.29, 0.717) is 46.2 Å². The molecule has 38 heavy (non-hydrogen) atoms. The summed E-state index contributed by atoms with van der Waals surface area (Å²) in [6.07, 6.45) is 9.72. The molecule has 4 rings (SSSR count). The van der Waals surface area contributed by atoms with Crippen molar-refractivity contribution in [2.75, 3.05) is 18.1 Å². The Balaban J connectivity index is 0.00000195. The molecule has 2 aliphatic rings. The van der Waals surface area contributed by atoms with Crippen LogP contribution >= 0.6 is 23.4 Å². The number of aliphatic imine (C=N–C) groups is 2. The maximum Gasteiger partial charge on any atom is 0.246 e. The van der Waals surface area contributed by atoms with E-state index in [0.717, 1.165) is 22.7 Å². The van der Waals surface area contributed by atoms with Crippen LogP contribution in [0.1, 0.15) is 34.1 Å². The molecule has 1 aromatic carbocycles. The number of nitrogens with one attached hydrogen (secondary N) is 1. The highest BCUT2D eigenvalue weighted by atomic mass is 35.5. The number of thioether (sulfide) groups is 1. The Morgan fingerprint density at radius 3 is 2.45 bits per heavy atom. The Labute approximate surface area is 233 Å². The molecular formula is C28H30ClN7OS. The smallest absolute Gasteiger partial charge is 0.246 e. The molecule has 0 amide bonds. The number of halogens is 1. The monoisotopic (exact) mass is 547 g/mol. The number of hydrogen-bond acceptors (Lipinski definition) is 9. The number of rotatable bonds is 6. The molecule has 2 aromatic rings. The lowest BCUT2D eigenvalue weighted by Crippen LogP contribution is -2.32. The minimum absolute atomic E-state index is 0.352. The molecule has 0 unspecified atom stereocenters. The van der Waals surface area contributed by atoms with Gasteiger partial charge in [-0.1, -0.05) is 38.4 Å². The molecule has 196 valence electrons. The van der Waals surface area contributed by atoms with Crippen molar-refractivity contribution in [3.63, 3.8) is 0 Å². The fourth-order valence-corrected chi connectivity index (χ4v) is 4.05. The van der Waals surface area contributed by atoms with E-state index in [2.05, 4.69) is 26.4 Å². The van der Waals surface area contributed by atoms with Crippen molar-refractivity contribution < 1.29 is 4.74 Å². The number of hydrogen-bond donors (Lipinski definition) is 1. The predicted octanol–water partition coefficient (Wildman–Crippen LogP) is 7.33. The highest BCUT2D eigenvalue weighted by Crippen LogP contribution is 2.29. The third-order valence-corrected chi connectivity index (χ3v) is 6.28. The zero-order valence-corrected chi connectivity index (χ0v) is 23.6. The number of benzene rings is 1. The van der Waals surface area contributed by atoms with Gasteiger partial charge in [0.15, 0.2) is 5.84 Å². The Kier molecular flexibility index (Phi) is 10.7. The number of guanidine groups is 1.